The first-order chi connectivity index (χ1) is 6.22. The van der Waals surface area contributed by atoms with Crippen LogP contribution < -0.4 is 9.47 Å². The Bertz CT molecular complexity index is 272. The highest BCUT2D eigenvalue weighted by Crippen LogP contribution is 2.27. The monoisotopic (exact) mass is 181 g/mol. The largest absolute Gasteiger partial charge is 0.496 e. The van der Waals surface area contributed by atoms with E-state index in [1.54, 1.807) is 14.2 Å². The third-order valence-electron chi connectivity index (χ3n) is 1.94. The molecule has 1 rings (SSSR count). The highest BCUT2D eigenvalue weighted by atomic mass is 16.5. The lowest BCUT2D eigenvalue weighted by atomic mass is 10.2. The van der Waals surface area contributed by atoms with Crippen molar-refractivity contribution in [3.8, 4) is 11.6 Å². The minimum atomic E-state index is 0.666. The third kappa shape index (κ3) is 1.91. The van der Waals surface area contributed by atoms with Crippen LogP contribution in [0, 0.1) is 6.92 Å². The highest BCUT2D eigenvalue weighted by molar-refractivity contribution is 5.41. The predicted octanol–water partition coefficient (Wildman–Crippen LogP) is 1.97. The first kappa shape index (κ1) is 9.84. The van der Waals surface area contributed by atoms with Gasteiger partial charge in [0, 0.05) is 11.8 Å². The fourth-order valence-electron chi connectivity index (χ4n) is 1.32. The van der Waals surface area contributed by atoms with Gasteiger partial charge in [-0.3, -0.25) is 0 Å². The molecule has 0 unspecified atom stereocenters. The minimum Gasteiger partial charge on any atom is -0.496 e. The van der Waals surface area contributed by atoms with Crippen LogP contribution in [0.1, 0.15) is 18.2 Å². The molecule has 72 valence electrons. The molecule has 3 heteroatoms. The molecule has 0 aliphatic carbocycles. The number of methoxy groups -OCH3 is 2. The van der Waals surface area contributed by atoms with Gasteiger partial charge in [0.2, 0.25) is 5.88 Å². The molecule has 0 amide bonds. The van der Waals surface area contributed by atoms with Gasteiger partial charge in [-0.05, 0) is 13.3 Å². The summed E-state index contributed by atoms with van der Waals surface area (Å²) in [5, 5.41) is 0. The fraction of sp³-hybridized carbons (Fsp3) is 0.500. The predicted molar refractivity (Wildman–Crippen MR) is 51.5 cm³/mol. The molecular weight excluding hydrogens is 166 g/mol. The molecule has 0 fully saturated rings. The first-order valence-corrected chi connectivity index (χ1v) is 4.31. The van der Waals surface area contributed by atoms with E-state index in [9.17, 15) is 0 Å². The van der Waals surface area contributed by atoms with Crippen molar-refractivity contribution in [1.29, 1.82) is 0 Å². The molecule has 0 saturated heterocycles. The Morgan fingerprint density at radius 2 is 2.00 bits per heavy atom. The number of nitrogens with zero attached hydrogens (tertiary/aromatic N) is 1. The zero-order valence-corrected chi connectivity index (χ0v) is 8.55. The van der Waals surface area contributed by atoms with Crippen LogP contribution in [-0.4, -0.2) is 19.2 Å². The molecule has 3 nitrogen and oxygen atoms in total. The number of pyridine rings is 1. The van der Waals surface area contributed by atoms with E-state index in [0.717, 1.165) is 23.4 Å². The maximum atomic E-state index is 5.24. The summed E-state index contributed by atoms with van der Waals surface area (Å²) < 4.78 is 10.4. The topological polar surface area (TPSA) is 31.4 Å². The van der Waals surface area contributed by atoms with Crippen LogP contribution in [0.4, 0.5) is 0 Å². The Hall–Kier alpha value is -1.25. The zero-order chi connectivity index (χ0) is 9.84. The van der Waals surface area contributed by atoms with Crippen LogP contribution in [0.2, 0.25) is 0 Å². The number of aromatic nitrogens is 1. The second kappa shape index (κ2) is 4.12. The number of hydrogen-bond donors (Lipinski definition) is 0. The van der Waals surface area contributed by atoms with Crippen molar-refractivity contribution in [2.24, 2.45) is 0 Å². The van der Waals surface area contributed by atoms with E-state index in [-0.39, 0.29) is 0 Å². The zero-order valence-electron chi connectivity index (χ0n) is 8.55. The number of rotatable bonds is 3. The molecule has 0 radical (unpaired) electrons. The van der Waals surface area contributed by atoms with Crippen molar-refractivity contribution in [2.75, 3.05) is 14.2 Å². The van der Waals surface area contributed by atoms with Gasteiger partial charge in [0.1, 0.15) is 5.75 Å². The molecule has 1 aromatic rings. The van der Waals surface area contributed by atoms with Crippen molar-refractivity contribution in [3.05, 3.63) is 17.3 Å². The quantitative estimate of drug-likeness (QED) is 0.714. The summed E-state index contributed by atoms with van der Waals surface area (Å²) in [5.74, 6) is 1.52. The van der Waals surface area contributed by atoms with Crippen molar-refractivity contribution in [2.45, 2.75) is 20.3 Å². The Labute approximate surface area is 78.7 Å². The van der Waals surface area contributed by atoms with Crippen LogP contribution in [0.5, 0.6) is 11.6 Å². The summed E-state index contributed by atoms with van der Waals surface area (Å²) in [6.07, 6.45) is 0.861. The number of hydrogen-bond acceptors (Lipinski definition) is 3. The molecule has 1 aromatic heterocycles. The molecule has 1 heterocycles. The fourth-order valence-corrected chi connectivity index (χ4v) is 1.32. The maximum Gasteiger partial charge on any atom is 0.220 e. The van der Waals surface area contributed by atoms with Gasteiger partial charge in [-0.2, -0.15) is 0 Å². The maximum absolute atomic E-state index is 5.24. The number of aryl methyl sites for hydroxylation is 1. The van der Waals surface area contributed by atoms with E-state index in [2.05, 4.69) is 11.9 Å². The van der Waals surface area contributed by atoms with E-state index < -0.39 is 0 Å². The Kier molecular flexibility index (Phi) is 3.12. The molecule has 0 aliphatic rings. The number of ether oxygens (including phenoxy) is 2. The first-order valence-electron chi connectivity index (χ1n) is 4.31. The highest BCUT2D eigenvalue weighted by Gasteiger charge is 2.10. The summed E-state index contributed by atoms with van der Waals surface area (Å²) >= 11 is 0. The van der Waals surface area contributed by atoms with Gasteiger partial charge in [-0.15, -0.1) is 0 Å². The van der Waals surface area contributed by atoms with E-state index in [1.807, 2.05) is 13.0 Å². The molecule has 0 N–H and O–H groups in total. The van der Waals surface area contributed by atoms with Crippen molar-refractivity contribution in [3.63, 3.8) is 0 Å². The Morgan fingerprint density at radius 3 is 2.46 bits per heavy atom. The summed E-state index contributed by atoms with van der Waals surface area (Å²) in [4.78, 5) is 4.27. The van der Waals surface area contributed by atoms with Gasteiger partial charge in [-0.25, -0.2) is 4.98 Å². The van der Waals surface area contributed by atoms with Gasteiger partial charge in [0.05, 0.1) is 19.8 Å². The summed E-state index contributed by atoms with van der Waals surface area (Å²) in [6.45, 7) is 3.97. The van der Waals surface area contributed by atoms with Crippen LogP contribution in [0.15, 0.2) is 6.07 Å². The average Bonchev–Trinajstić information content (AvgIpc) is 2.16. The van der Waals surface area contributed by atoms with Crippen molar-refractivity contribution < 1.29 is 9.47 Å². The summed E-state index contributed by atoms with van der Waals surface area (Å²) in [6, 6.07) is 1.92. The van der Waals surface area contributed by atoms with Gasteiger partial charge in [-0.1, -0.05) is 6.92 Å². The third-order valence-corrected chi connectivity index (χ3v) is 1.94. The van der Waals surface area contributed by atoms with Crippen LogP contribution in [0.3, 0.4) is 0 Å². The van der Waals surface area contributed by atoms with Gasteiger partial charge >= 0.3 is 0 Å². The normalized spacial score (nSPS) is 9.85. The van der Waals surface area contributed by atoms with Gasteiger partial charge in [0.25, 0.3) is 0 Å². The smallest absolute Gasteiger partial charge is 0.220 e. The molecule has 0 saturated carbocycles. The lowest BCUT2D eigenvalue weighted by Crippen LogP contribution is -1.99. The van der Waals surface area contributed by atoms with Crippen LogP contribution in [-0.2, 0) is 6.42 Å². The molecule has 0 spiro atoms. The van der Waals surface area contributed by atoms with Crippen molar-refractivity contribution >= 4 is 0 Å². The molecule has 0 aliphatic heterocycles. The molecule has 13 heavy (non-hydrogen) atoms. The molecule has 0 bridgehead atoms. The summed E-state index contributed by atoms with van der Waals surface area (Å²) in [7, 11) is 3.29. The van der Waals surface area contributed by atoms with E-state index in [1.165, 1.54) is 0 Å². The van der Waals surface area contributed by atoms with Gasteiger partial charge < -0.3 is 9.47 Å². The van der Waals surface area contributed by atoms with E-state index in [0.29, 0.717) is 5.88 Å². The molecular formula is C10H15NO2. The second-order valence-corrected chi connectivity index (χ2v) is 2.81. The van der Waals surface area contributed by atoms with Crippen LogP contribution in [0.25, 0.3) is 0 Å². The SMILES string of the molecule is CCc1c(OC)cc(C)nc1OC. The lowest BCUT2D eigenvalue weighted by Gasteiger charge is -2.11. The summed E-state index contributed by atoms with van der Waals surface area (Å²) in [5.41, 5.74) is 1.93. The van der Waals surface area contributed by atoms with Gasteiger partial charge in [0.15, 0.2) is 0 Å². The van der Waals surface area contributed by atoms with Crippen LogP contribution >= 0.6 is 0 Å². The molecule has 0 aromatic carbocycles. The Morgan fingerprint density at radius 1 is 1.31 bits per heavy atom. The second-order valence-electron chi connectivity index (χ2n) is 2.81. The van der Waals surface area contributed by atoms with E-state index in [4.69, 9.17) is 9.47 Å². The molecule has 0 atom stereocenters. The van der Waals surface area contributed by atoms with E-state index >= 15 is 0 Å². The standard InChI is InChI=1S/C10H15NO2/c1-5-8-9(12-3)6-7(2)11-10(8)13-4/h6H,5H2,1-4H3. The lowest BCUT2D eigenvalue weighted by molar-refractivity contribution is 0.373. The van der Waals surface area contributed by atoms with Crippen molar-refractivity contribution in [1.82, 2.24) is 4.98 Å². The average molecular weight is 181 g/mol. The minimum absolute atomic E-state index is 0.666. The Balaban J connectivity index is 3.25.